The second-order valence-electron chi connectivity index (χ2n) is 5.68. The maximum atomic E-state index is 12.3. The third kappa shape index (κ3) is 3.58. The molecule has 3 heterocycles. The molecule has 1 fully saturated rings. The maximum Gasteiger partial charge on any atom is 0.274 e. The van der Waals surface area contributed by atoms with E-state index >= 15 is 0 Å². The van der Waals surface area contributed by atoms with E-state index in [4.69, 9.17) is 9.15 Å². The topological polar surface area (TPSA) is 97.6 Å². The molecule has 8 nitrogen and oxygen atoms in total. The highest BCUT2D eigenvalue weighted by molar-refractivity contribution is 7.89. The average molecular weight is 352 g/mol. The van der Waals surface area contributed by atoms with Crippen LogP contribution in [0.15, 0.2) is 40.2 Å². The zero-order valence-corrected chi connectivity index (χ0v) is 14.4. The van der Waals surface area contributed by atoms with Crippen LogP contribution in [0.4, 0.5) is 5.82 Å². The second-order valence-corrected chi connectivity index (χ2v) is 7.38. The fraction of sp³-hybridized carbons (Fsp3) is 0.467. The van der Waals surface area contributed by atoms with Crippen molar-refractivity contribution < 1.29 is 17.6 Å². The minimum absolute atomic E-state index is 0.0281. The van der Waals surface area contributed by atoms with Crippen LogP contribution in [0.1, 0.15) is 12.2 Å². The van der Waals surface area contributed by atoms with Gasteiger partial charge in [-0.25, -0.2) is 23.1 Å². The van der Waals surface area contributed by atoms with Crippen molar-refractivity contribution in [1.82, 2.24) is 14.7 Å². The molecule has 0 radical (unpaired) electrons. The summed E-state index contributed by atoms with van der Waals surface area (Å²) in [7, 11) is -2.02. The Morgan fingerprint density at radius 3 is 2.88 bits per heavy atom. The van der Waals surface area contributed by atoms with Gasteiger partial charge in [0.05, 0.1) is 6.10 Å². The number of nitrogens with zero attached hydrogens (tertiary/aromatic N) is 3. The number of rotatable bonds is 6. The zero-order valence-electron chi connectivity index (χ0n) is 13.5. The highest BCUT2D eigenvalue weighted by Crippen LogP contribution is 2.25. The molecule has 1 aliphatic rings. The van der Waals surface area contributed by atoms with E-state index in [1.54, 1.807) is 32.4 Å². The number of methoxy groups -OCH3 is 1. The maximum absolute atomic E-state index is 12.3. The van der Waals surface area contributed by atoms with Gasteiger partial charge < -0.3 is 14.1 Å². The zero-order chi connectivity index (χ0) is 17.2. The number of hydrogen-bond donors (Lipinski definition) is 1. The first-order chi connectivity index (χ1) is 11.5. The normalized spacial score (nSPS) is 21.3. The van der Waals surface area contributed by atoms with Crippen molar-refractivity contribution in [2.75, 3.05) is 25.1 Å². The van der Waals surface area contributed by atoms with Crippen molar-refractivity contribution in [2.45, 2.75) is 30.6 Å². The van der Waals surface area contributed by atoms with Crippen LogP contribution in [0.25, 0.3) is 0 Å². The molecule has 0 aromatic carbocycles. The van der Waals surface area contributed by atoms with Crippen molar-refractivity contribution in [1.29, 1.82) is 0 Å². The summed E-state index contributed by atoms with van der Waals surface area (Å²) in [4.78, 5) is 10.2. The first-order valence-electron chi connectivity index (χ1n) is 7.61. The number of aryl methyl sites for hydroxylation is 1. The van der Waals surface area contributed by atoms with Crippen LogP contribution in [0.5, 0.6) is 0 Å². The molecule has 1 aliphatic heterocycles. The molecule has 0 amide bonds. The number of ether oxygens (including phenoxy) is 1. The summed E-state index contributed by atoms with van der Waals surface area (Å²) in [6.45, 7) is 2.60. The van der Waals surface area contributed by atoms with Crippen molar-refractivity contribution in [2.24, 2.45) is 0 Å². The fourth-order valence-corrected chi connectivity index (χ4v) is 3.85. The molecule has 0 bridgehead atoms. The Balaban J connectivity index is 1.72. The number of hydrogen-bond acceptors (Lipinski definition) is 7. The molecule has 0 unspecified atom stereocenters. The predicted molar refractivity (Wildman–Crippen MR) is 87.2 cm³/mol. The van der Waals surface area contributed by atoms with Gasteiger partial charge >= 0.3 is 0 Å². The van der Waals surface area contributed by atoms with Gasteiger partial charge in [0.1, 0.15) is 17.9 Å². The van der Waals surface area contributed by atoms with E-state index in [9.17, 15) is 8.42 Å². The van der Waals surface area contributed by atoms with Crippen molar-refractivity contribution in [3.63, 3.8) is 0 Å². The van der Waals surface area contributed by atoms with Gasteiger partial charge in [0.25, 0.3) is 10.0 Å². The third-order valence-electron chi connectivity index (χ3n) is 4.06. The van der Waals surface area contributed by atoms with E-state index in [-0.39, 0.29) is 23.8 Å². The molecule has 2 aromatic heterocycles. The van der Waals surface area contributed by atoms with Gasteiger partial charge in [0.15, 0.2) is 0 Å². The van der Waals surface area contributed by atoms with E-state index in [1.165, 1.54) is 12.4 Å². The summed E-state index contributed by atoms with van der Waals surface area (Å²) in [5.74, 6) is 1.31. The minimum Gasteiger partial charge on any atom is -0.449 e. The van der Waals surface area contributed by atoms with Crippen LogP contribution >= 0.6 is 0 Å². The van der Waals surface area contributed by atoms with Gasteiger partial charge in [-0.2, -0.15) is 0 Å². The van der Waals surface area contributed by atoms with Crippen LogP contribution in [0, 0.1) is 6.92 Å². The molecule has 24 heavy (non-hydrogen) atoms. The number of anilines is 1. The molecular weight excluding hydrogens is 332 g/mol. The van der Waals surface area contributed by atoms with E-state index < -0.39 is 10.0 Å². The molecule has 0 aliphatic carbocycles. The molecule has 0 spiro atoms. The van der Waals surface area contributed by atoms with E-state index in [0.717, 1.165) is 5.82 Å². The van der Waals surface area contributed by atoms with Gasteiger partial charge in [-0.1, -0.05) is 0 Å². The van der Waals surface area contributed by atoms with Crippen LogP contribution in [-0.2, 0) is 14.8 Å². The first-order valence-corrected chi connectivity index (χ1v) is 9.09. The standard InChI is InChI=1S/C15H20N4O4S/c1-11-3-4-15(23-11)24(20,21)18-8-12-7-13(22-2)9-19(12)14-5-6-16-10-17-14/h3-6,10,12-13,18H,7-9H2,1-2H3/t12-,13-/m1/s1. The van der Waals surface area contributed by atoms with E-state index in [2.05, 4.69) is 14.7 Å². The Morgan fingerprint density at radius 1 is 1.42 bits per heavy atom. The van der Waals surface area contributed by atoms with Crippen LogP contribution in [0.3, 0.4) is 0 Å². The van der Waals surface area contributed by atoms with Gasteiger partial charge in [-0.3, -0.25) is 0 Å². The molecule has 130 valence electrons. The summed E-state index contributed by atoms with van der Waals surface area (Å²) in [5.41, 5.74) is 0. The monoisotopic (exact) mass is 352 g/mol. The number of furan rings is 1. The molecule has 1 saturated heterocycles. The lowest BCUT2D eigenvalue weighted by Gasteiger charge is -2.25. The summed E-state index contributed by atoms with van der Waals surface area (Å²) in [6, 6.07) is 4.82. The predicted octanol–water partition coefficient (Wildman–Crippen LogP) is 0.950. The van der Waals surface area contributed by atoms with Gasteiger partial charge in [-0.05, 0) is 31.5 Å². The molecule has 0 saturated carbocycles. The Labute approximate surface area is 140 Å². The van der Waals surface area contributed by atoms with Crippen LogP contribution in [-0.4, -0.2) is 50.7 Å². The first kappa shape index (κ1) is 16.9. The number of sulfonamides is 1. The minimum atomic E-state index is -3.67. The number of aromatic nitrogens is 2. The lowest BCUT2D eigenvalue weighted by atomic mass is 10.2. The van der Waals surface area contributed by atoms with E-state index in [1.807, 2.05) is 4.90 Å². The van der Waals surface area contributed by atoms with Crippen molar-refractivity contribution in [3.8, 4) is 0 Å². The molecular formula is C15H20N4O4S. The highest BCUT2D eigenvalue weighted by Gasteiger charge is 2.34. The lowest BCUT2D eigenvalue weighted by molar-refractivity contribution is 0.118. The molecule has 9 heteroatoms. The lowest BCUT2D eigenvalue weighted by Crippen LogP contribution is -2.40. The van der Waals surface area contributed by atoms with Crippen molar-refractivity contribution >= 4 is 15.8 Å². The smallest absolute Gasteiger partial charge is 0.274 e. The van der Waals surface area contributed by atoms with Crippen LogP contribution < -0.4 is 9.62 Å². The largest absolute Gasteiger partial charge is 0.449 e. The number of nitrogens with one attached hydrogen (secondary N) is 1. The Kier molecular flexibility index (Phi) is 4.83. The second kappa shape index (κ2) is 6.88. The Hall–Kier alpha value is -1.97. The SMILES string of the molecule is CO[C@@H]1C[C@H](CNS(=O)(=O)c2ccc(C)o2)N(c2ccncn2)C1. The Morgan fingerprint density at radius 2 is 2.25 bits per heavy atom. The van der Waals surface area contributed by atoms with Crippen LogP contribution in [0.2, 0.25) is 0 Å². The van der Waals surface area contributed by atoms with Crippen molar-refractivity contribution in [3.05, 3.63) is 36.5 Å². The molecule has 2 atom stereocenters. The molecule has 1 N–H and O–H groups in total. The summed E-state index contributed by atoms with van der Waals surface area (Å²) < 4.78 is 37.9. The van der Waals surface area contributed by atoms with Gasteiger partial charge in [0, 0.05) is 32.4 Å². The summed E-state index contributed by atoms with van der Waals surface area (Å²) in [6.07, 6.45) is 3.87. The average Bonchev–Trinajstić information content (AvgIpc) is 3.20. The molecule has 2 aromatic rings. The fourth-order valence-electron chi connectivity index (χ4n) is 2.81. The quantitative estimate of drug-likeness (QED) is 0.826. The summed E-state index contributed by atoms with van der Waals surface area (Å²) >= 11 is 0. The Bertz CT molecular complexity index is 778. The summed E-state index contributed by atoms with van der Waals surface area (Å²) in [5, 5.41) is -0.0742. The van der Waals surface area contributed by atoms with Gasteiger partial charge in [-0.15, -0.1) is 0 Å². The van der Waals surface area contributed by atoms with Gasteiger partial charge in [0.2, 0.25) is 5.09 Å². The van der Waals surface area contributed by atoms with E-state index in [0.29, 0.717) is 18.7 Å². The highest BCUT2D eigenvalue weighted by atomic mass is 32.2. The molecule has 3 rings (SSSR count). The third-order valence-corrected chi connectivity index (χ3v) is 5.36.